The minimum atomic E-state index is -4.57. The maximum atomic E-state index is 12.9. The first-order chi connectivity index (χ1) is 8.81. The highest BCUT2D eigenvalue weighted by Gasteiger charge is 2.35. The van der Waals surface area contributed by atoms with Gasteiger partial charge in [0.05, 0.1) is 30.2 Å². The van der Waals surface area contributed by atoms with Crippen LogP contribution in [0.4, 0.5) is 13.2 Å². The van der Waals surface area contributed by atoms with Gasteiger partial charge >= 0.3 is 12.1 Å². The van der Waals surface area contributed by atoms with E-state index in [-0.39, 0.29) is 23.3 Å². The van der Waals surface area contributed by atoms with Crippen LogP contribution in [0.25, 0.3) is 0 Å². The third-order valence-electron chi connectivity index (χ3n) is 2.65. The Kier molecular flexibility index (Phi) is 4.54. The van der Waals surface area contributed by atoms with Gasteiger partial charge in [-0.25, -0.2) is 0 Å². The van der Waals surface area contributed by atoms with E-state index in [4.69, 9.17) is 5.26 Å². The van der Waals surface area contributed by atoms with Crippen molar-refractivity contribution in [3.63, 3.8) is 0 Å². The molecule has 0 aromatic heterocycles. The molecule has 0 fully saturated rings. The molecular formula is C13H12F3NO2. The highest BCUT2D eigenvalue weighted by Crippen LogP contribution is 2.34. The summed E-state index contributed by atoms with van der Waals surface area (Å²) in [6, 6.07) is 3.72. The van der Waals surface area contributed by atoms with Crippen LogP contribution in [0.5, 0.6) is 0 Å². The van der Waals surface area contributed by atoms with Crippen LogP contribution in [0.15, 0.2) is 12.1 Å². The predicted molar refractivity (Wildman–Crippen MR) is 61.2 cm³/mol. The number of esters is 1. The van der Waals surface area contributed by atoms with Crippen molar-refractivity contribution >= 4 is 5.97 Å². The molecule has 3 nitrogen and oxygen atoms in total. The van der Waals surface area contributed by atoms with E-state index in [1.807, 2.05) is 0 Å². The van der Waals surface area contributed by atoms with Gasteiger partial charge in [-0.05, 0) is 37.1 Å². The quantitative estimate of drug-likeness (QED) is 0.794. The van der Waals surface area contributed by atoms with Gasteiger partial charge in [0.2, 0.25) is 0 Å². The fourth-order valence-corrected chi connectivity index (χ4v) is 1.73. The zero-order valence-corrected chi connectivity index (χ0v) is 10.5. The van der Waals surface area contributed by atoms with Crippen LogP contribution in [-0.4, -0.2) is 12.6 Å². The van der Waals surface area contributed by atoms with Crippen molar-refractivity contribution in [2.45, 2.75) is 26.4 Å². The van der Waals surface area contributed by atoms with Crippen LogP contribution in [0.3, 0.4) is 0 Å². The molecule has 0 bridgehead atoms. The number of halogens is 3. The Morgan fingerprint density at radius 1 is 1.42 bits per heavy atom. The number of hydrogen-bond donors (Lipinski definition) is 0. The minimum absolute atomic E-state index is 0.0944. The Bertz CT molecular complexity index is 530. The van der Waals surface area contributed by atoms with Gasteiger partial charge in [0.1, 0.15) is 0 Å². The molecule has 0 saturated heterocycles. The highest BCUT2D eigenvalue weighted by molar-refractivity contribution is 5.74. The molecule has 6 heteroatoms. The lowest BCUT2D eigenvalue weighted by molar-refractivity contribution is -0.143. The van der Waals surface area contributed by atoms with Crippen LogP contribution in [0.2, 0.25) is 0 Å². The van der Waals surface area contributed by atoms with Gasteiger partial charge in [-0.2, -0.15) is 18.4 Å². The number of nitrogens with zero attached hydrogens (tertiary/aromatic N) is 1. The Balaban J connectivity index is 3.32. The molecule has 0 heterocycles. The normalized spacial score (nSPS) is 10.9. The molecule has 0 aliphatic rings. The molecule has 0 N–H and O–H groups in total. The molecular weight excluding hydrogens is 259 g/mol. The molecule has 19 heavy (non-hydrogen) atoms. The Labute approximate surface area is 108 Å². The average Bonchev–Trinajstić information content (AvgIpc) is 2.30. The third kappa shape index (κ3) is 3.47. The molecule has 1 aromatic rings. The molecule has 0 unspecified atom stereocenters. The predicted octanol–water partition coefficient (Wildman–Crippen LogP) is 2.99. The lowest BCUT2D eigenvalue weighted by Crippen LogP contribution is -2.16. The van der Waals surface area contributed by atoms with Crippen molar-refractivity contribution in [1.29, 1.82) is 5.26 Å². The lowest BCUT2D eigenvalue weighted by atomic mass is 9.95. The van der Waals surface area contributed by atoms with E-state index in [1.165, 1.54) is 6.92 Å². The summed E-state index contributed by atoms with van der Waals surface area (Å²) in [5.74, 6) is -0.744. The Morgan fingerprint density at radius 3 is 2.53 bits per heavy atom. The fraction of sp³-hybridized carbons (Fsp3) is 0.385. The molecule has 0 aliphatic heterocycles. The molecule has 1 rings (SSSR count). The van der Waals surface area contributed by atoms with Gasteiger partial charge in [0.15, 0.2) is 0 Å². The third-order valence-corrected chi connectivity index (χ3v) is 2.65. The van der Waals surface area contributed by atoms with Gasteiger partial charge in [0.25, 0.3) is 0 Å². The summed E-state index contributed by atoms with van der Waals surface area (Å²) in [4.78, 5) is 11.4. The summed E-state index contributed by atoms with van der Waals surface area (Å²) >= 11 is 0. The number of carbonyl (C=O) groups excluding carboxylic acids is 1. The van der Waals surface area contributed by atoms with Crippen LogP contribution < -0.4 is 0 Å². The summed E-state index contributed by atoms with van der Waals surface area (Å²) in [6.45, 7) is 3.06. The summed E-state index contributed by atoms with van der Waals surface area (Å²) in [5, 5.41) is 8.83. The van der Waals surface area contributed by atoms with Crippen LogP contribution in [-0.2, 0) is 22.1 Å². The van der Waals surface area contributed by atoms with Gasteiger partial charge < -0.3 is 4.74 Å². The second-order valence-electron chi connectivity index (χ2n) is 3.86. The zero-order valence-electron chi connectivity index (χ0n) is 10.5. The Hall–Kier alpha value is -2.03. The topological polar surface area (TPSA) is 50.1 Å². The number of rotatable bonds is 3. The maximum Gasteiger partial charge on any atom is 0.416 e. The standard InChI is InChI=1S/C13H12F3NO2/c1-3-19-12(18)6-10-8(2)9(7-17)4-5-11(10)13(14,15)16/h4-5H,3,6H2,1-2H3. The van der Waals surface area contributed by atoms with Gasteiger partial charge in [-0.1, -0.05) is 0 Å². The van der Waals surface area contributed by atoms with E-state index in [0.29, 0.717) is 0 Å². The van der Waals surface area contributed by atoms with E-state index in [0.717, 1.165) is 12.1 Å². The highest BCUT2D eigenvalue weighted by atomic mass is 19.4. The number of hydrogen-bond acceptors (Lipinski definition) is 3. The van der Waals surface area contributed by atoms with Crippen molar-refractivity contribution in [2.75, 3.05) is 6.61 Å². The van der Waals surface area contributed by atoms with Gasteiger partial charge in [-0.3, -0.25) is 4.79 Å². The molecule has 0 atom stereocenters. The number of alkyl halides is 3. The molecule has 0 spiro atoms. The molecule has 0 saturated carbocycles. The van der Waals surface area contributed by atoms with Crippen molar-refractivity contribution in [1.82, 2.24) is 0 Å². The summed E-state index contributed by atoms with van der Waals surface area (Å²) in [6.07, 6.45) is -5.06. The fourth-order valence-electron chi connectivity index (χ4n) is 1.73. The first kappa shape index (κ1) is 15.0. The maximum absolute atomic E-state index is 12.9. The summed E-state index contributed by atoms with van der Waals surface area (Å²) in [7, 11) is 0. The van der Waals surface area contributed by atoms with Crippen LogP contribution >= 0.6 is 0 Å². The van der Waals surface area contributed by atoms with E-state index in [9.17, 15) is 18.0 Å². The molecule has 102 valence electrons. The monoisotopic (exact) mass is 271 g/mol. The number of nitriles is 1. The van der Waals surface area contributed by atoms with E-state index >= 15 is 0 Å². The van der Waals surface area contributed by atoms with Crippen LogP contribution in [0, 0.1) is 18.3 Å². The summed E-state index contributed by atoms with van der Waals surface area (Å²) in [5.41, 5.74) is -0.834. The first-order valence-corrected chi connectivity index (χ1v) is 5.56. The second kappa shape index (κ2) is 5.74. The summed E-state index contributed by atoms with van der Waals surface area (Å²) < 4.78 is 43.2. The lowest BCUT2D eigenvalue weighted by Gasteiger charge is -2.15. The number of ether oxygens (including phenoxy) is 1. The van der Waals surface area contributed by atoms with Crippen molar-refractivity contribution in [3.8, 4) is 6.07 Å². The average molecular weight is 271 g/mol. The van der Waals surface area contributed by atoms with Crippen molar-refractivity contribution in [2.24, 2.45) is 0 Å². The van der Waals surface area contributed by atoms with E-state index in [1.54, 1.807) is 13.0 Å². The molecule has 0 radical (unpaired) electrons. The zero-order chi connectivity index (χ0) is 14.6. The number of carbonyl (C=O) groups is 1. The largest absolute Gasteiger partial charge is 0.466 e. The smallest absolute Gasteiger partial charge is 0.416 e. The molecule has 0 amide bonds. The Morgan fingerprint density at radius 2 is 2.05 bits per heavy atom. The first-order valence-electron chi connectivity index (χ1n) is 5.56. The van der Waals surface area contributed by atoms with Gasteiger partial charge in [-0.15, -0.1) is 0 Å². The van der Waals surface area contributed by atoms with Crippen molar-refractivity contribution in [3.05, 3.63) is 34.4 Å². The minimum Gasteiger partial charge on any atom is -0.466 e. The second-order valence-corrected chi connectivity index (χ2v) is 3.86. The van der Waals surface area contributed by atoms with E-state index in [2.05, 4.69) is 4.74 Å². The van der Waals surface area contributed by atoms with Crippen LogP contribution in [0.1, 0.15) is 29.2 Å². The van der Waals surface area contributed by atoms with Crippen molar-refractivity contribution < 1.29 is 22.7 Å². The SMILES string of the molecule is CCOC(=O)Cc1c(C(F)(F)F)ccc(C#N)c1C. The molecule has 1 aromatic carbocycles. The van der Waals surface area contributed by atoms with Gasteiger partial charge in [0, 0.05) is 0 Å². The molecule has 0 aliphatic carbocycles. The van der Waals surface area contributed by atoms with E-state index < -0.39 is 24.1 Å². The number of benzene rings is 1.